The van der Waals surface area contributed by atoms with Gasteiger partial charge in [-0.15, -0.1) is 0 Å². The summed E-state index contributed by atoms with van der Waals surface area (Å²) in [6.45, 7) is -0.00347. The molecular formula is C12H18N4O3. The highest BCUT2D eigenvalue weighted by Gasteiger charge is 2.30. The van der Waals surface area contributed by atoms with E-state index in [1.54, 1.807) is 0 Å². The average molecular weight is 266 g/mol. The minimum absolute atomic E-state index is 0.00347. The van der Waals surface area contributed by atoms with Crippen molar-refractivity contribution in [2.45, 2.75) is 44.7 Å². The first-order valence-electron chi connectivity index (χ1n) is 6.51. The summed E-state index contributed by atoms with van der Waals surface area (Å²) in [5, 5.41) is 15.7. The standard InChI is InChI=1S/C12H18N4O3/c17-10(6-16-8-13-7-14-16)15-11(12(18)19)9-4-2-1-3-5-9/h7-9,11H,1-6H2,(H,15,17)(H,18,19). The van der Waals surface area contributed by atoms with Crippen LogP contribution in [0.15, 0.2) is 12.7 Å². The SMILES string of the molecule is O=C(Cn1cncn1)NC(C(=O)O)C1CCCCC1. The minimum atomic E-state index is -0.959. The van der Waals surface area contributed by atoms with Crippen LogP contribution in [0.4, 0.5) is 0 Å². The number of hydrogen-bond acceptors (Lipinski definition) is 4. The van der Waals surface area contributed by atoms with Crippen LogP contribution in [0.3, 0.4) is 0 Å². The molecule has 2 N–H and O–H groups in total. The van der Waals surface area contributed by atoms with Crippen LogP contribution in [-0.2, 0) is 16.1 Å². The molecule has 104 valence electrons. The van der Waals surface area contributed by atoms with E-state index in [0.717, 1.165) is 32.1 Å². The molecule has 1 aromatic heterocycles. The largest absolute Gasteiger partial charge is 0.480 e. The number of carbonyl (C=O) groups excluding carboxylic acids is 1. The van der Waals surface area contributed by atoms with Crippen LogP contribution >= 0.6 is 0 Å². The summed E-state index contributed by atoms with van der Waals surface area (Å²) >= 11 is 0. The van der Waals surface area contributed by atoms with E-state index in [0.29, 0.717) is 0 Å². The van der Waals surface area contributed by atoms with Crippen LogP contribution in [0.5, 0.6) is 0 Å². The van der Waals surface area contributed by atoms with Crippen molar-refractivity contribution in [2.75, 3.05) is 0 Å². The second-order valence-corrected chi connectivity index (χ2v) is 4.87. The Kier molecular flexibility index (Phi) is 4.48. The van der Waals surface area contributed by atoms with Gasteiger partial charge in [-0.2, -0.15) is 5.10 Å². The fourth-order valence-corrected chi connectivity index (χ4v) is 2.53. The van der Waals surface area contributed by atoms with Crippen LogP contribution in [0.1, 0.15) is 32.1 Å². The fourth-order valence-electron chi connectivity index (χ4n) is 2.53. The molecule has 1 aliphatic carbocycles. The maximum Gasteiger partial charge on any atom is 0.326 e. The Balaban J connectivity index is 1.92. The number of amides is 1. The van der Waals surface area contributed by atoms with Crippen molar-refractivity contribution >= 4 is 11.9 Å². The molecule has 0 radical (unpaired) electrons. The summed E-state index contributed by atoms with van der Waals surface area (Å²) in [7, 11) is 0. The molecule has 0 saturated heterocycles. The molecule has 0 spiro atoms. The molecule has 7 nitrogen and oxygen atoms in total. The lowest BCUT2D eigenvalue weighted by molar-refractivity contribution is -0.144. The van der Waals surface area contributed by atoms with Crippen molar-refractivity contribution in [1.82, 2.24) is 20.1 Å². The number of rotatable bonds is 5. The normalized spacial score (nSPS) is 17.9. The molecule has 1 saturated carbocycles. The lowest BCUT2D eigenvalue weighted by Crippen LogP contribution is -2.47. The highest BCUT2D eigenvalue weighted by Crippen LogP contribution is 2.26. The summed E-state index contributed by atoms with van der Waals surface area (Å²) in [6, 6.07) is -0.795. The quantitative estimate of drug-likeness (QED) is 0.805. The van der Waals surface area contributed by atoms with E-state index in [-0.39, 0.29) is 18.4 Å². The van der Waals surface area contributed by atoms with Gasteiger partial charge in [0.2, 0.25) is 5.91 Å². The van der Waals surface area contributed by atoms with Crippen molar-refractivity contribution in [1.29, 1.82) is 0 Å². The lowest BCUT2D eigenvalue weighted by Gasteiger charge is -2.27. The maximum atomic E-state index is 11.8. The summed E-state index contributed by atoms with van der Waals surface area (Å²) in [6.07, 6.45) is 7.71. The van der Waals surface area contributed by atoms with Gasteiger partial charge in [0.1, 0.15) is 25.2 Å². The second kappa shape index (κ2) is 6.31. The first-order chi connectivity index (χ1) is 9.16. The molecule has 0 aliphatic heterocycles. The van der Waals surface area contributed by atoms with Crippen LogP contribution in [0.25, 0.3) is 0 Å². The van der Waals surface area contributed by atoms with E-state index in [9.17, 15) is 14.7 Å². The van der Waals surface area contributed by atoms with Gasteiger partial charge in [-0.3, -0.25) is 4.79 Å². The molecule has 1 aromatic rings. The Hall–Kier alpha value is -1.92. The number of aliphatic carboxylic acids is 1. The van der Waals surface area contributed by atoms with Gasteiger partial charge in [-0.25, -0.2) is 14.5 Å². The highest BCUT2D eigenvalue weighted by atomic mass is 16.4. The topological polar surface area (TPSA) is 97.1 Å². The Morgan fingerprint density at radius 1 is 1.37 bits per heavy atom. The van der Waals surface area contributed by atoms with Crippen LogP contribution in [-0.4, -0.2) is 37.8 Å². The van der Waals surface area contributed by atoms with Gasteiger partial charge < -0.3 is 10.4 Å². The third-order valence-corrected chi connectivity index (χ3v) is 3.48. The van der Waals surface area contributed by atoms with E-state index in [4.69, 9.17) is 0 Å². The first kappa shape index (κ1) is 13.5. The number of aromatic nitrogens is 3. The van der Waals surface area contributed by atoms with Crippen LogP contribution < -0.4 is 5.32 Å². The fraction of sp³-hybridized carbons (Fsp3) is 0.667. The average Bonchev–Trinajstić information content (AvgIpc) is 2.89. The van der Waals surface area contributed by atoms with Crippen molar-refractivity contribution in [3.05, 3.63) is 12.7 Å². The smallest absolute Gasteiger partial charge is 0.326 e. The molecule has 0 bridgehead atoms. The van der Waals surface area contributed by atoms with E-state index in [1.165, 1.54) is 17.3 Å². The van der Waals surface area contributed by atoms with E-state index >= 15 is 0 Å². The Morgan fingerprint density at radius 2 is 2.11 bits per heavy atom. The molecule has 1 heterocycles. The van der Waals surface area contributed by atoms with Gasteiger partial charge in [0, 0.05) is 0 Å². The third kappa shape index (κ3) is 3.77. The van der Waals surface area contributed by atoms with Gasteiger partial charge in [0.05, 0.1) is 0 Å². The molecule has 1 aliphatic rings. The molecule has 1 fully saturated rings. The van der Waals surface area contributed by atoms with Gasteiger partial charge in [-0.05, 0) is 18.8 Å². The number of carboxylic acid groups (broad SMARTS) is 1. The Morgan fingerprint density at radius 3 is 2.68 bits per heavy atom. The van der Waals surface area contributed by atoms with Gasteiger partial charge >= 0.3 is 5.97 Å². The number of nitrogens with one attached hydrogen (secondary N) is 1. The summed E-state index contributed by atoms with van der Waals surface area (Å²) in [4.78, 5) is 26.8. The van der Waals surface area contributed by atoms with Crippen molar-refractivity contribution in [3.63, 3.8) is 0 Å². The Bertz CT molecular complexity index is 426. The van der Waals surface area contributed by atoms with Crippen molar-refractivity contribution in [2.24, 2.45) is 5.92 Å². The van der Waals surface area contributed by atoms with Gasteiger partial charge in [0.25, 0.3) is 0 Å². The van der Waals surface area contributed by atoms with Gasteiger partial charge in [0.15, 0.2) is 0 Å². The first-order valence-corrected chi connectivity index (χ1v) is 6.51. The zero-order valence-corrected chi connectivity index (χ0v) is 10.7. The van der Waals surface area contributed by atoms with E-state index in [2.05, 4.69) is 15.4 Å². The summed E-state index contributed by atoms with van der Waals surface area (Å²) < 4.78 is 1.37. The molecule has 1 atom stereocenters. The van der Waals surface area contributed by atoms with Gasteiger partial charge in [-0.1, -0.05) is 19.3 Å². The number of carboxylic acids is 1. The zero-order valence-electron chi connectivity index (χ0n) is 10.7. The monoisotopic (exact) mass is 266 g/mol. The van der Waals surface area contributed by atoms with Crippen molar-refractivity contribution < 1.29 is 14.7 Å². The predicted octanol–water partition coefficient (Wildman–Crippen LogP) is 0.428. The molecule has 2 rings (SSSR count). The molecular weight excluding hydrogens is 248 g/mol. The third-order valence-electron chi connectivity index (χ3n) is 3.48. The molecule has 1 unspecified atom stereocenters. The highest BCUT2D eigenvalue weighted by molar-refractivity contribution is 5.83. The number of carbonyl (C=O) groups is 2. The molecule has 1 amide bonds. The predicted molar refractivity (Wildman–Crippen MR) is 66.2 cm³/mol. The molecule has 0 aromatic carbocycles. The van der Waals surface area contributed by atoms with Crippen molar-refractivity contribution in [3.8, 4) is 0 Å². The lowest BCUT2D eigenvalue weighted by atomic mass is 9.84. The summed E-state index contributed by atoms with van der Waals surface area (Å²) in [5.74, 6) is -1.27. The van der Waals surface area contributed by atoms with Crippen LogP contribution in [0, 0.1) is 5.92 Å². The molecule has 7 heteroatoms. The number of hydrogen-bond donors (Lipinski definition) is 2. The molecule has 19 heavy (non-hydrogen) atoms. The van der Waals surface area contributed by atoms with Crippen LogP contribution in [0.2, 0.25) is 0 Å². The maximum absolute atomic E-state index is 11.8. The number of nitrogens with zero attached hydrogens (tertiary/aromatic N) is 3. The zero-order chi connectivity index (χ0) is 13.7. The van der Waals surface area contributed by atoms with E-state index < -0.39 is 12.0 Å². The van der Waals surface area contributed by atoms with E-state index in [1.807, 2.05) is 0 Å². The second-order valence-electron chi connectivity index (χ2n) is 4.87. The summed E-state index contributed by atoms with van der Waals surface area (Å²) in [5.41, 5.74) is 0. The minimum Gasteiger partial charge on any atom is -0.480 e. The Labute approximate surface area is 111 Å².